The molecule has 3 aromatic rings. The molecule has 0 fully saturated rings. The van der Waals surface area contributed by atoms with Crippen molar-refractivity contribution < 1.29 is 23.1 Å². The Labute approximate surface area is 153 Å². The van der Waals surface area contributed by atoms with E-state index >= 15 is 0 Å². The zero-order chi connectivity index (χ0) is 19.4. The third kappa shape index (κ3) is 3.59. The Balaban J connectivity index is 2.03. The third-order valence-corrected chi connectivity index (χ3v) is 3.79. The number of nitrogens with one attached hydrogen (secondary N) is 1. The molecule has 3 rings (SSSR count). The lowest BCUT2D eigenvalue weighted by Gasteiger charge is -2.18. The van der Waals surface area contributed by atoms with Gasteiger partial charge in [-0.15, -0.1) is 0 Å². The van der Waals surface area contributed by atoms with Crippen molar-refractivity contribution in [2.24, 2.45) is 0 Å². The van der Waals surface area contributed by atoms with Gasteiger partial charge in [0.05, 0.1) is 17.8 Å². The molecule has 0 aliphatic rings. The molecule has 0 aliphatic carbocycles. The van der Waals surface area contributed by atoms with E-state index in [0.29, 0.717) is 0 Å². The topological polar surface area (TPSA) is 81.2 Å². The van der Waals surface area contributed by atoms with Gasteiger partial charge in [0, 0.05) is 23.3 Å². The maximum Gasteiger partial charge on any atom is 0.382 e. The molecule has 1 amide bonds. The molecule has 0 unspecified atom stereocenters. The zero-order valence-electron chi connectivity index (χ0n) is 14.3. The second kappa shape index (κ2) is 7.45. The monoisotopic (exact) mass is 371 g/mol. The van der Waals surface area contributed by atoms with Crippen LogP contribution in [0.4, 0.5) is 14.5 Å². The van der Waals surface area contributed by atoms with E-state index in [4.69, 9.17) is 0 Å². The van der Waals surface area contributed by atoms with Crippen LogP contribution in [-0.2, 0) is 15.5 Å². The van der Waals surface area contributed by atoms with Gasteiger partial charge >= 0.3 is 11.9 Å². The summed E-state index contributed by atoms with van der Waals surface area (Å²) in [5.74, 6) is -5.99. The molecule has 8 heteroatoms. The Kier molecular flexibility index (Phi) is 5.07. The van der Waals surface area contributed by atoms with Gasteiger partial charge in [-0.1, -0.05) is 12.1 Å². The number of carbonyl (C=O) groups is 2. The fraction of sp³-hybridized carbons (Fsp3) is 0.158. The van der Waals surface area contributed by atoms with Crippen LogP contribution in [0.5, 0.6) is 0 Å². The number of fused-ring (bicyclic) bond motifs is 1. The highest BCUT2D eigenvalue weighted by molar-refractivity contribution is 6.08. The van der Waals surface area contributed by atoms with E-state index in [1.807, 2.05) is 0 Å². The Morgan fingerprint density at radius 2 is 1.85 bits per heavy atom. The van der Waals surface area contributed by atoms with E-state index in [9.17, 15) is 18.4 Å². The lowest BCUT2D eigenvalue weighted by molar-refractivity contribution is -0.172. The number of rotatable bonds is 5. The first kappa shape index (κ1) is 18.4. The first-order chi connectivity index (χ1) is 12.9. The first-order valence-electron chi connectivity index (χ1n) is 8.10. The summed E-state index contributed by atoms with van der Waals surface area (Å²) in [5, 5.41) is 2.65. The SMILES string of the molecule is CCOC(=O)C(F)(F)c1ccc(NC(=O)c2ccccn2)c2ncccc12. The molecule has 2 heterocycles. The number of anilines is 1. The molecule has 0 aliphatic heterocycles. The maximum atomic E-state index is 14.5. The highest BCUT2D eigenvalue weighted by Gasteiger charge is 2.44. The van der Waals surface area contributed by atoms with Crippen LogP contribution in [0.15, 0.2) is 54.9 Å². The van der Waals surface area contributed by atoms with E-state index in [1.54, 1.807) is 12.1 Å². The van der Waals surface area contributed by atoms with Crippen LogP contribution in [0.2, 0.25) is 0 Å². The average molecular weight is 371 g/mol. The lowest BCUT2D eigenvalue weighted by atomic mass is 10.0. The van der Waals surface area contributed by atoms with Crippen molar-refractivity contribution >= 4 is 28.5 Å². The normalized spacial score (nSPS) is 11.2. The molecule has 1 N–H and O–H groups in total. The summed E-state index contributed by atoms with van der Waals surface area (Å²) >= 11 is 0. The smallest absolute Gasteiger partial charge is 0.382 e. The van der Waals surface area contributed by atoms with E-state index in [2.05, 4.69) is 20.0 Å². The minimum Gasteiger partial charge on any atom is -0.461 e. The number of alkyl halides is 2. The van der Waals surface area contributed by atoms with Gasteiger partial charge in [0.1, 0.15) is 5.69 Å². The van der Waals surface area contributed by atoms with Crippen LogP contribution in [0.1, 0.15) is 23.0 Å². The van der Waals surface area contributed by atoms with Gasteiger partial charge in [-0.05, 0) is 37.3 Å². The van der Waals surface area contributed by atoms with Gasteiger partial charge in [0.25, 0.3) is 5.91 Å². The van der Waals surface area contributed by atoms with Crippen LogP contribution in [0.25, 0.3) is 10.9 Å². The summed E-state index contributed by atoms with van der Waals surface area (Å²) in [7, 11) is 0. The predicted molar refractivity (Wildman–Crippen MR) is 94.5 cm³/mol. The molecular formula is C19H15F2N3O3. The number of esters is 1. The first-order valence-corrected chi connectivity index (χ1v) is 8.10. The second-order valence-electron chi connectivity index (χ2n) is 5.52. The van der Waals surface area contributed by atoms with Crippen molar-refractivity contribution in [2.75, 3.05) is 11.9 Å². The summed E-state index contributed by atoms with van der Waals surface area (Å²) in [6.45, 7) is 1.28. The van der Waals surface area contributed by atoms with Crippen molar-refractivity contribution in [1.82, 2.24) is 9.97 Å². The van der Waals surface area contributed by atoms with E-state index in [-0.39, 0.29) is 28.9 Å². The number of nitrogens with zero attached hydrogens (tertiary/aromatic N) is 2. The average Bonchev–Trinajstić information content (AvgIpc) is 2.69. The summed E-state index contributed by atoms with van der Waals surface area (Å²) in [6.07, 6.45) is 2.87. The number of aromatic nitrogens is 2. The molecule has 0 radical (unpaired) electrons. The Bertz CT molecular complexity index is 994. The summed E-state index contributed by atoms with van der Waals surface area (Å²) in [5.41, 5.74) is -0.0182. The molecule has 2 aromatic heterocycles. The summed E-state index contributed by atoms with van der Waals surface area (Å²) < 4.78 is 33.5. The molecular weight excluding hydrogens is 356 g/mol. The molecule has 27 heavy (non-hydrogen) atoms. The van der Waals surface area contributed by atoms with Gasteiger partial charge < -0.3 is 10.1 Å². The molecule has 1 aromatic carbocycles. The van der Waals surface area contributed by atoms with Crippen molar-refractivity contribution in [3.63, 3.8) is 0 Å². The molecule has 0 atom stereocenters. The van der Waals surface area contributed by atoms with Crippen LogP contribution in [0.3, 0.4) is 0 Å². The summed E-state index contributed by atoms with van der Waals surface area (Å²) in [6, 6.07) is 10.1. The molecule has 0 saturated carbocycles. The van der Waals surface area contributed by atoms with Crippen molar-refractivity contribution in [2.45, 2.75) is 12.8 Å². The number of carbonyl (C=O) groups excluding carboxylic acids is 2. The van der Waals surface area contributed by atoms with E-state index in [1.165, 1.54) is 43.6 Å². The molecule has 0 saturated heterocycles. The lowest BCUT2D eigenvalue weighted by Crippen LogP contribution is -2.28. The Hall–Kier alpha value is -3.42. The van der Waals surface area contributed by atoms with Crippen molar-refractivity contribution in [3.05, 3.63) is 66.1 Å². The second-order valence-corrected chi connectivity index (χ2v) is 5.52. The maximum absolute atomic E-state index is 14.5. The number of ether oxygens (including phenoxy) is 1. The highest BCUT2D eigenvalue weighted by Crippen LogP contribution is 2.36. The van der Waals surface area contributed by atoms with E-state index in [0.717, 1.165) is 6.07 Å². The van der Waals surface area contributed by atoms with Crippen molar-refractivity contribution in [1.29, 1.82) is 0 Å². The van der Waals surface area contributed by atoms with Gasteiger partial charge in [-0.2, -0.15) is 8.78 Å². The largest absolute Gasteiger partial charge is 0.461 e. The number of benzene rings is 1. The number of halogens is 2. The zero-order valence-corrected chi connectivity index (χ0v) is 14.3. The van der Waals surface area contributed by atoms with Crippen LogP contribution >= 0.6 is 0 Å². The minimum absolute atomic E-state index is 0.0365. The molecule has 0 spiro atoms. The number of amides is 1. The van der Waals surface area contributed by atoms with Gasteiger partial charge in [0.15, 0.2) is 0 Å². The van der Waals surface area contributed by atoms with Crippen LogP contribution in [-0.4, -0.2) is 28.5 Å². The number of pyridine rings is 2. The van der Waals surface area contributed by atoms with Gasteiger partial charge in [0.2, 0.25) is 0 Å². The van der Waals surface area contributed by atoms with Crippen LogP contribution in [0, 0.1) is 0 Å². The predicted octanol–water partition coefficient (Wildman–Crippen LogP) is 3.54. The minimum atomic E-state index is -3.85. The summed E-state index contributed by atoms with van der Waals surface area (Å²) in [4.78, 5) is 32.0. The van der Waals surface area contributed by atoms with Crippen molar-refractivity contribution in [3.8, 4) is 0 Å². The molecule has 0 bridgehead atoms. The number of hydrogen-bond donors (Lipinski definition) is 1. The molecule has 138 valence electrons. The quantitative estimate of drug-likeness (QED) is 0.694. The number of hydrogen-bond acceptors (Lipinski definition) is 5. The molecule has 6 nitrogen and oxygen atoms in total. The van der Waals surface area contributed by atoms with Crippen LogP contribution < -0.4 is 5.32 Å². The van der Waals surface area contributed by atoms with E-state index < -0.39 is 23.4 Å². The third-order valence-electron chi connectivity index (χ3n) is 3.79. The highest BCUT2D eigenvalue weighted by atomic mass is 19.3. The Morgan fingerprint density at radius 1 is 1.07 bits per heavy atom. The van der Waals surface area contributed by atoms with Gasteiger partial charge in [-0.3, -0.25) is 14.8 Å². The Morgan fingerprint density at radius 3 is 2.56 bits per heavy atom. The fourth-order valence-electron chi connectivity index (χ4n) is 2.56. The fourth-order valence-corrected chi connectivity index (χ4v) is 2.56. The van der Waals surface area contributed by atoms with Gasteiger partial charge in [-0.25, -0.2) is 4.79 Å². The standard InChI is InChI=1S/C19H15F2N3O3/c1-2-27-18(26)19(20,21)13-8-9-14(16-12(13)6-5-11-23-16)24-17(25)15-7-3-4-10-22-15/h3-11H,2H2,1H3,(H,24,25).